The highest BCUT2D eigenvalue weighted by atomic mass is 19.1. The number of benzene rings is 2. The summed E-state index contributed by atoms with van der Waals surface area (Å²) >= 11 is 0. The molecule has 1 N–H and O–H groups in total. The lowest BCUT2D eigenvalue weighted by molar-refractivity contribution is 0.501. The molecule has 0 aromatic heterocycles. The van der Waals surface area contributed by atoms with Gasteiger partial charge in [0.05, 0.1) is 6.04 Å². The van der Waals surface area contributed by atoms with Gasteiger partial charge in [-0.15, -0.1) is 0 Å². The Kier molecular flexibility index (Phi) is 5.45. The Morgan fingerprint density at radius 1 is 0.952 bits per heavy atom. The lowest BCUT2D eigenvalue weighted by atomic mass is 9.92. The van der Waals surface area contributed by atoms with Crippen molar-refractivity contribution in [3.05, 3.63) is 70.8 Å². The maximum Gasteiger partial charge on any atom is 0.131 e. The number of rotatable bonds is 6. The van der Waals surface area contributed by atoms with Gasteiger partial charge in [-0.1, -0.05) is 44.2 Å². The topological polar surface area (TPSA) is 12.0 Å². The second kappa shape index (κ2) is 7.32. The molecule has 0 amide bonds. The minimum absolute atomic E-state index is 0.104. The van der Waals surface area contributed by atoms with Crippen molar-refractivity contribution in [2.24, 2.45) is 0 Å². The van der Waals surface area contributed by atoms with E-state index in [0.717, 1.165) is 24.0 Å². The fourth-order valence-electron chi connectivity index (χ4n) is 2.58. The van der Waals surface area contributed by atoms with Gasteiger partial charge in [-0.25, -0.2) is 8.78 Å². The first kappa shape index (κ1) is 15.6. The SMILES string of the molecule is CCCNC(c1ccccc1CC)c1c(F)cccc1F. The summed E-state index contributed by atoms with van der Waals surface area (Å²) in [4.78, 5) is 0. The Balaban J connectivity index is 2.53. The molecule has 1 nitrogen and oxygen atoms in total. The first-order chi connectivity index (χ1) is 10.2. The van der Waals surface area contributed by atoms with Gasteiger partial charge >= 0.3 is 0 Å². The largest absolute Gasteiger partial charge is 0.306 e. The van der Waals surface area contributed by atoms with Crippen molar-refractivity contribution in [2.75, 3.05) is 6.54 Å². The van der Waals surface area contributed by atoms with Crippen LogP contribution in [0.25, 0.3) is 0 Å². The Bertz CT molecular complexity index is 575. The molecule has 2 rings (SSSR count). The van der Waals surface area contributed by atoms with E-state index in [1.54, 1.807) is 0 Å². The zero-order chi connectivity index (χ0) is 15.2. The molecule has 0 bridgehead atoms. The molecular formula is C18H21F2N. The van der Waals surface area contributed by atoms with Gasteiger partial charge in [0.1, 0.15) is 11.6 Å². The molecule has 0 aliphatic heterocycles. The summed E-state index contributed by atoms with van der Waals surface area (Å²) in [7, 11) is 0. The molecule has 112 valence electrons. The minimum atomic E-state index is -0.505. The van der Waals surface area contributed by atoms with Crippen LogP contribution < -0.4 is 5.32 Å². The molecule has 0 spiro atoms. The first-order valence-electron chi connectivity index (χ1n) is 7.44. The second-order valence-corrected chi connectivity index (χ2v) is 5.07. The first-order valence-corrected chi connectivity index (χ1v) is 7.44. The summed E-state index contributed by atoms with van der Waals surface area (Å²) in [6, 6.07) is 11.4. The number of aryl methyl sites for hydroxylation is 1. The molecule has 0 aliphatic carbocycles. The maximum absolute atomic E-state index is 14.2. The van der Waals surface area contributed by atoms with Crippen LogP contribution in [0.4, 0.5) is 8.78 Å². The summed E-state index contributed by atoms with van der Waals surface area (Å²) < 4.78 is 28.3. The maximum atomic E-state index is 14.2. The zero-order valence-electron chi connectivity index (χ0n) is 12.5. The molecule has 0 heterocycles. The molecule has 3 heteroatoms. The molecule has 0 saturated carbocycles. The van der Waals surface area contributed by atoms with Gasteiger partial charge in [-0.3, -0.25) is 0 Å². The lowest BCUT2D eigenvalue weighted by Gasteiger charge is -2.23. The van der Waals surface area contributed by atoms with E-state index < -0.39 is 17.7 Å². The van der Waals surface area contributed by atoms with Crippen molar-refractivity contribution in [3.63, 3.8) is 0 Å². The standard InChI is InChI=1S/C18H21F2N/c1-3-12-21-18(14-9-6-5-8-13(14)4-2)17-15(19)10-7-11-16(17)20/h5-11,18,21H,3-4,12H2,1-2H3. The van der Waals surface area contributed by atoms with Gasteiger partial charge in [-0.2, -0.15) is 0 Å². The quantitative estimate of drug-likeness (QED) is 0.818. The van der Waals surface area contributed by atoms with E-state index in [2.05, 4.69) is 5.32 Å². The molecule has 2 aromatic rings. The number of halogens is 2. The van der Waals surface area contributed by atoms with Crippen molar-refractivity contribution >= 4 is 0 Å². The lowest BCUT2D eigenvalue weighted by Crippen LogP contribution is -2.26. The van der Waals surface area contributed by atoms with E-state index in [1.807, 2.05) is 38.1 Å². The van der Waals surface area contributed by atoms with E-state index in [4.69, 9.17) is 0 Å². The third-order valence-corrected chi connectivity index (χ3v) is 3.63. The third-order valence-electron chi connectivity index (χ3n) is 3.63. The molecule has 21 heavy (non-hydrogen) atoms. The fourth-order valence-corrected chi connectivity index (χ4v) is 2.58. The van der Waals surface area contributed by atoms with E-state index in [1.165, 1.54) is 18.2 Å². The van der Waals surface area contributed by atoms with Crippen molar-refractivity contribution < 1.29 is 8.78 Å². The van der Waals surface area contributed by atoms with Crippen molar-refractivity contribution in [1.29, 1.82) is 0 Å². The van der Waals surface area contributed by atoms with Crippen LogP contribution in [0.1, 0.15) is 43.0 Å². The zero-order valence-corrected chi connectivity index (χ0v) is 12.5. The van der Waals surface area contributed by atoms with E-state index in [0.29, 0.717) is 6.54 Å². The smallest absolute Gasteiger partial charge is 0.131 e. The Morgan fingerprint density at radius 2 is 1.62 bits per heavy atom. The van der Waals surface area contributed by atoms with Crippen LogP contribution in [0, 0.1) is 11.6 Å². The van der Waals surface area contributed by atoms with Gasteiger partial charge in [0.2, 0.25) is 0 Å². The molecule has 0 saturated heterocycles. The van der Waals surface area contributed by atoms with Crippen LogP contribution in [-0.4, -0.2) is 6.54 Å². The van der Waals surface area contributed by atoms with Gasteiger partial charge in [-0.05, 0) is 42.6 Å². The van der Waals surface area contributed by atoms with Crippen molar-refractivity contribution in [2.45, 2.75) is 32.7 Å². The molecule has 0 fully saturated rings. The van der Waals surface area contributed by atoms with Crippen LogP contribution >= 0.6 is 0 Å². The predicted molar refractivity (Wildman–Crippen MR) is 82.3 cm³/mol. The molecule has 0 aliphatic rings. The highest BCUT2D eigenvalue weighted by Crippen LogP contribution is 2.29. The highest BCUT2D eigenvalue weighted by molar-refractivity contribution is 5.38. The molecule has 1 unspecified atom stereocenters. The highest BCUT2D eigenvalue weighted by Gasteiger charge is 2.22. The summed E-state index contributed by atoms with van der Waals surface area (Å²) in [5.74, 6) is -1.01. The number of nitrogens with one attached hydrogen (secondary N) is 1. The average Bonchev–Trinajstić information content (AvgIpc) is 2.50. The fraction of sp³-hybridized carbons (Fsp3) is 0.333. The summed E-state index contributed by atoms with van der Waals surface area (Å²) in [5.41, 5.74) is 2.15. The average molecular weight is 289 g/mol. The van der Waals surface area contributed by atoms with Crippen molar-refractivity contribution in [1.82, 2.24) is 5.32 Å². The van der Waals surface area contributed by atoms with Crippen LogP contribution in [-0.2, 0) is 6.42 Å². The summed E-state index contributed by atoms with van der Waals surface area (Å²) in [5, 5.41) is 3.28. The van der Waals surface area contributed by atoms with Gasteiger partial charge < -0.3 is 5.32 Å². The van der Waals surface area contributed by atoms with Gasteiger partial charge in [0.15, 0.2) is 0 Å². The predicted octanol–water partition coefficient (Wildman–Crippen LogP) is 4.62. The Labute approximate surface area is 125 Å². The molecule has 1 atom stereocenters. The van der Waals surface area contributed by atoms with E-state index in [-0.39, 0.29) is 5.56 Å². The summed E-state index contributed by atoms with van der Waals surface area (Å²) in [6.07, 6.45) is 1.73. The second-order valence-electron chi connectivity index (χ2n) is 5.07. The van der Waals surface area contributed by atoms with E-state index in [9.17, 15) is 8.78 Å². The van der Waals surface area contributed by atoms with Crippen molar-refractivity contribution in [3.8, 4) is 0 Å². The molecule has 0 radical (unpaired) electrons. The normalized spacial score (nSPS) is 12.4. The van der Waals surface area contributed by atoms with Crippen LogP contribution in [0.3, 0.4) is 0 Å². The Morgan fingerprint density at radius 3 is 2.24 bits per heavy atom. The van der Waals surface area contributed by atoms with Crippen LogP contribution in [0.5, 0.6) is 0 Å². The Hall–Kier alpha value is -1.74. The number of hydrogen-bond donors (Lipinski definition) is 1. The molecular weight excluding hydrogens is 268 g/mol. The van der Waals surface area contributed by atoms with Gasteiger partial charge in [0, 0.05) is 5.56 Å². The minimum Gasteiger partial charge on any atom is -0.306 e. The van der Waals surface area contributed by atoms with Gasteiger partial charge in [0.25, 0.3) is 0 Å². The summed E-state index contributed by atoms with van der Waals surface area (Å²) in [6.45, 7) is 4.79. The molecule has 2 aromatic carbocycles. The monoisotopic (exact) mass is 289 g/mol. The van der Waals surface area contributed by atoms with Crippen LogP contribution in [0.2, 0.25) is 0 Å². The third kappa shape index (κ3) is 3.48. The van der Waals surface area contributed by atoms with E-state index >= 15 is 0 Å². The van der Waals surface area contributed by atoms with Crippen LogP contribution in [0.15, 0.2) is 42.5 Å². The number of hydrogen-bond acceptors (Lipinski definition) is 1.